The molecule has 1 atom stereocenters. The van der Waals surface area contributed by atoms with Crippen LogP contribution in [0.3, 0.4) is 0 Å². The summed E-state index contributed by atoms with van der Waals surface area (Å²) < 4.78 is 5.28. The molecule has 134 valence electrons. The van der Waals surface area contributed by atoms with Crippen molar-refractivity contribution in [1.82, 2.24) is 14.9 Å². The van der Waals surface area contributed by atoms with Crippen molar-refractivity contribution in [3.05, 3.63) is 59.9 Å². The highest BCUT2D eigenvalue weighted by Crippen LogP contribution is 2.26. The van der Waals surface area contributed by atoms with Crippen LogP contribution >= 0.6 is 0 Å². The van der Waals surface area contributed by atoms with Crippen molar-refractivity contribution >= 4 is 16.8 Å². The lowest BCUT2D eigenvalue weighted by molar-refractivity contribution is 0.0727. The van der Waals surface area contributed by atoms with Gasteiger partial charge < -0.3 is 9.32 Å². The summed E-state index contributed by atoms with van der Waals surface area (Å²) in [7, 11) is 0. The number of carbonyl (C=O) groups is 1. The van der Waals surface area contributed by atoms with Gasteiger partial charge in [0.25, 0.3) is 5.91 Å². The molecule has 1 aliphatic rings. The topological polar surface area (TPSA) is 59.2 Å². The number of carbonyl (C=O) groups excluding carboxylic acids is 1. The summed E-state index contributed by atoms with van der Waals surface area (Å²) >= 11 is 0. The summed E-state index contributed by atoms with van der Waals surface area (Å²) in [6.07, 6.45) is 7.38. The molecule has 0 spiro atoms. The number of oxazole rings is 1. The molecule has 0 aliphatic carbocycles. The van der Waals surface area contributed by atoms with Crippen molar-refractivity contribution in [3.63, 3.8) is 0 Å². The van der Waals surface area contributed by atoms with Crippen LogP contribution in [0.2, 0.25) is 0 Å². The first kappa shape index (κ1) is 16.8. The Balaban J connectivity index is 1.45. The van der Waals surface area contributed by atoms with Crippen molar-refractivity contribution in [2.75, 3.05) is 13.1 Å². The first-order chi connectivity index (χ1) is 12.7. The van der Waals surface area contributed by atoms with Gasteiger partial charge in [-0.2, -0.15) is 0 Å². The van der Waals surface area contributed by atoms with E-state index in [1.165, 1.54) is 17.3 Å². The van der Waals surface area contributed by atoms with E-state index in [0.717, 1.165) is 44.3 Å². The van der Waals surface area contributed by atoms with Gasteiger partial charge in [0.05, 0.1) is 11.2 Å². The van der Waals surface area contributed by atoms with Crippen LogP contribution in [0.1, 0.15) is 41.1 Å². The minimum absolute atomic E-state index is 0.0324. The first-order valence-corrected chi connectivity index (χ1v) is 9.24. The second kappa shape index (κ2) is 7.28. The van der Waals surface area contributed by atoms with Gasteiger partial charge in [-0.25, -0.2) is 4.98 Å². The van der Waals surface area contributed by atoms with E-state index in [1.54, 1.807) is 0 Å². The van der Waals surface area contributed by atoms with Crippen LogP contribution in [0.5, 0.6) is 0 Å². The second-order valence-electron chi connectivity index (χ2n) is 7.05. The van der Waals surface area contributed by atoms with Gasteiger partial charge in [-0.1, -0.05) is 18.2 Å². The van der Waals surface area contributed by atoms with Gasteiger partial charge in [0.2, 0.25) is 5.76 Å². The van der Waals surface area contributed by atoms with Crippen LogP contribution in [0.25, 0.3) is 10.9 Å². The van der Waals surface area contributed by atoms with Gasteiger partial charge in [0.1, 0.15) is 0 Å². The number of aromatic nitrogens is 2. The summed E-state index contributed by atoms with van der Waals surface area (Å²) in [5.41, 5.74) is 3.07. The van der Waals surface area contributed by atoms with E-state index in [2.05, 4.69) is 34.2 Å². The lowest BCUT2D eigenvalue weighted by Crippen LogP contribution is -2.32. The minimum atomic E-state index is -0.0324. The average Bonchev–Trinajstić information content (AvgIpc) is 2.95. The molecule has 1 aromatic carbocycles. The number of aryl methyl sites for hydroxylation is 1. The fourth-order valence-electron chi connectivity index (χ4n) is 3.88. The largest absolute Gasteiger partial charge is 0.438 e. The van der Waals surface area contributed by atoms with Crippen LogP contribution in [-0.4, -0.2) is 33.9 Å². The van der Waals surface area contributed by atoms with Crippen molar-refractivity contribution in [2.24, 2.45) is 5.92 Å². The van der Waals surface area contributed by atoms with Gasteiger partial charge >= 0.3 is 0 Å². The average molecular weight is 349 g/mol. The summed E-state index contributed by atoms with van der Waals surface area (Å²) in [6, 6.07) is 10.5. The number of hydrogen-bond acceptors (Lipinski definition) is 4. The lowest BCUT2D eigenvalue weighted by Gasteiger charge is -2.19. The maximum absolute atomic E-state index is 12.7. The van der Waals surface area contributed by atoms with E-state index in [4.69, 9.17) is 4.42 Å². The van der Waals surface area contributed by atoms with Crippen LogP contribution in [-0.2, 0) is 6.42 Å². The molecule has 4 rings (SSSR count). The number of nitrogens with zero attached hydrogens (tertiary/aromatic N) is 3. The molecule has 1 fully saturated rings. The highest BCUT2D eigenvalue weighted by atomic mass is 16.3. The third kappa shape index (κ3) is 3.34. The Labute approximate surface area is 153 Å². The molecule has 1 saturated heterocycles. The molecule has 1 aliphatic heterocycles. The van der Waals surface area contributed by atoms with Gasteiger partial charge in [0, 0.05) is 24.7 Å². The Morgan fingerprint density at radius 2 is 2.12 bits per heavy atom. The van der Waals surface area contributed by atoms with Crippen LogP contribution in [0.15, 0.2) is 47.3 Å². The predicted octanol–water partition coefficient (Wildman–Crippen LogP) is 4.02. The highest BCUT2D eigenvalue weighted by Gasteiger charge is 2.25. The number of hydrogen-bond donors (Lipinski definition) is 0. The molecule has 3 heterocycles. The predicted molar refractivity (Wildman–Crippen MR) is 99.9 cm³/mol. The minimum Gasteiger partial charge on any atom is -0.438 e. The molecule has 26 heavy (non-hydrogen) atoms. The smallest absolute Gasteiger partial charge is 0.291 e. The zero-order chi connectivity index (χ0) is 17.9. The van der Waals surface area contributed by atoms with E-state index in [9.17, 15) is 4.79 Å². The zero-order valence-corrected chi connectivity index (χ0v) is 15.0. The third-order valence-electron chi connectivity index (χ3n) is 5.32. The normalized spacial score (nSPS) is 18.0. The molecule has 0 radical (unpaired) electrons. The maximum atomic E-state index is 12.7. The third-order valence-corrected chi connectivity index (χ3v) is 5.32. The van der Waals surface area contributed by atoms with E-state index in [-0.39, 0.29) is 5.91 Å². The molecular weight excluding hydrogens is 326 g/mol. The molecule has 1 amide bonds. The number of fused-ring (bicyclic) bond motifs is 1. The maximum Gasteiger partial charge on any atom is 0.291 e. The van der Waals surface area contributed by atoms with E-state index in [0.29, 0.717) is 17.4 Å². The summed E-state index contributed by atoms with van der Waals surface area (Å²) in [6.45, 7) is 3.37. The van der Waals surface area contributed by atoms with Crippen molar-refractivity contribution in [1.29, 1.82) is 0 Å². The van der Waals surface area contributed by atoms with Crippen LogP contribution in [0, 0.1) is 12.8 Å². The molecule has 3 aromatic rings. The van der Waals surface area contributed by atoms with Gasteiger partial charge in [0.15, 0.2) is 6.39 Å². The van der Waals surface area contributed by atoms with Gasteiger partial charge in [-0.15, -0.1) is 0 Å². The van der Waals surface area contributed by atoms with Crippen molar-refractivity contribution in [2.45, 2.75) is 32.6 Å². The zero-order valence-electron chi connectivity index (χ0n) is 15.0. The SMILES string of the molecule is Cc1ncoc1C(=O)N1CCCC(Cc2cccc3ncccc23)CC1. The summed E-state index contributed by atoms with van der Waals surface area (Å²) in [5.74, 6) is 0.924. The van der Waals surface area contributed by atoms with E-state index >= 15 is 0 Å². The molecule has 0 saturated carbocycles. The van der Waals surface area contributed by atoms with Gasteiger partial charge in [-0.3, -0.25) is 9.78 Å². The fraction of sp³-hybridized carbons (Fsp3) is 0.381. The number of rotatable bonds is 3. The quantitative estimate of drug-likeness (QED) is 0.717. The number of amides is 1. The molecule has 0 N–H and O–H groups in total. The fourth-order valence-corrected chi connectivity index (χ4v) is 3.88. The summed E-state index contributed by atoms with van der Waals surface area (Å²) in [5, 5.41) is 1.24. The number of pyridine rings is 1. The molecule has 0 bridgehead atoms. The summed E-state index contributed by atoms with van der Waals surface area (Å²) in [4.78, 5) is 23.1. The van der Waals surface area contributed by atoms with E-state index in [1.807, 2.05) is 24.1 Å². The number of benzene rings is 1. The Kier molecular flexibility index (Phi) is 4.69. The Morgan fingerprint density at radius 1 is 1.19 bits per heavy atom. The van der Waals surface area contributed by atoms with Crippen LogP contribution in [0.4, 0.5) is 0 Å². The molecule has 2 aromatic heterocycles. The van der Waals surface area contributed by atoms with Gasteiger partial charge in [-0.05, 0) is 56.2 Å². The Bertz CT molecular complexity index is 913. The number of likely N-dealkylation sites (tertiary alicyclic amines) is 1. The standard InChI is InChI=1S/C21H23N3O2/c1-15-20(26-14-23-15)21(25)24-11-4-5-16(9-12-24)13-17-6-2-8-19-18(17)7-3-10-22-19/h2-3,6-8,10,14,16H,4-5,9,11-13H2,1H3. The van der Waals surface area contributed by atoms with E-state index < -0.39 is 0 Å². The lowest BCUT2D eigenvalue weighted by atomic mass is 9.91. The molecule has 1 unspecified atom stereocenters. The Morgan fingerprint density at radius 3 is 2.96 bits per heavy atom. The van der Waals surface area contributed by atoms with Crippen LogP contribution < -0.4 is 0 Å². The second-order valence-corrected chi connectivity index (χ2v) is 7.05. The first-order valence-electron chi connectivity index (χ1n) is 9.24. The van der Waals surface area contributed by atoms with Crippen molar-refractivity contribution in [3.8, 4) is 0 Å². The molecule has 5 heteroatoms. The molecular formula is C21H23N3O2. The molecule has 5 nitrogen and oxygen atoms in total. The monoisotopic (exact) mass is 349 g/mol. The van der Waals surface area contributed by atoms with Crippen molar-refractivity contribution < 1.29 is 9.21 Å². The highest BCUT2D eigenvalue weighted by molar-refractivity contribution is 5.92. The Hall–Kier alpha value is -2.69.